The van der Waals surface area contributed by atoms with Crippen LogP contribution in [-0.2, 0) is 0 Å². The third kappa shape index (κ3) is 3.29. The molecule has 4 nitrogen and oxygen atoms in total. The molecule has 0 saturated carbocycles. The number of pyridine rings is 1. The van der Waals surface area contributed by atoms with Gasteiger partial charge in [-0.25, -0.2) is 19.6 Å². The predicted octanol–water partition coefficient (Wildman–Crippen LogP) is 2.52. The zero-order valence-corrected chi connectivity index (χ0v) is 11.2. The fourth-order valence-electron chi connectivity index (χ4n) is 1.85. The average Bonchev–Trinajstić information content (AvgIpc) is 2.27. The topological polar surface area (TPSA) is 54.2 Å². The van der Waals surface area contributed by atoms with Gasteiger partial charge in [0.1, 0.15) is 0 Å². The molecule has 6 heteroatoms. The third-order valence-electron chi connectivity index (χ3n) is 2.86. The van der Waals surface area contributed by atoms with Gasteiger partial charge in [0.05, 0.1) is 0 Å². The summed E-state index contributed by atoms with van der Waals surface area (Å²) in [6.07, 6.45) is 0.889. The highest BCUT2D eigenvalue weighted by molar-refractivity contribution is 5.48. The quantitative estimate of drug-likeness (QED) is 0.629. The van der Waals surface area contributed by atoms with E-state index in [-0.39, 0.29) is 17.7 Å². The molecule has 0 amide bonds. The number of anilines is 2. The Balaban J connectivity index is 3.01. The Bertz CT molecular complexity index is 409. The summed E-state index contributed by atoms with van der Waals surface area (Å²) in [6.45, 7) is 6.15. The molecule has 0 spiro atoms. The number of hydrazine groups is 1. The van der Waals surface area contributed by atoms with Gasteiger partial charge in [-0.3, -0.25) is 0 Å². The highest BCUT2D eigenvalue weighted by Crippen LogP contribution is 2.24. The van der Waals surface area contributed by atoms with E-state index in [2.05, 4.69) is 24.3 Å². The number of rotatable bonds is 5. The Labute approximate surface area is 106 Å². The van der Waals surface area contributed by atoms with Gasteiger partial charge in [0.15, 0.2) is 23.3 Å². The maximum Gasteiger partial charge on any atom is 0.178 e. The molecule has 18 heavy (non-hydrogen) atoms. The molecule has 0 bridgehead atoms. The zero-order valence-electron chi connectivity index (χ0n) is 11.2. The van der Waals surface area contributed by atoms with Gasteiger partial charge in [0, 0.05) is 19.2 Å². The van der Waals surface area contributed by atoms with Gasteiger partial charge in [-0.05, 0) is 19.3 Å². The first-order valence-electron chi connectivity index (χ1n) is 5.92. The van der Waals surface area contributed by atoms with Crippen LogP contribution in [0.1, 0.15) is 27.2 Å². The largest absolute Gasteiger partial charge is 0.354 e. The molecule has 1 rings (SSSR count). The molecule has 102 valence electrons. The lowest BCUT2D eigenvalue weighted by Gasteiger charge is -2.27. The normalized spacial score (nSPS) is 12.7. The third-order valence-corrected chi connectivity index (χ3v) is 2.86. The van der Waals surface area contributed by atoms with Gasteiger partial charge < -0.3 is 10.3 Å². The van der Waals surface area contributed by atoms with Crippen molar-refractivity contribution in [3.63, 3.8) is 0 Å². The van der Waals surface area contributed by atoms with Crippen LogP contribution in [0.25, 0.3) is 0 Å². The minimum absolute atomic E-state index is 0.0949. The van der Waals surface area contributed by atoms with Crippen molar-refractivity contribution in [2.45, 2.75) is 33.2 Å². The van der Waals surface area contributed by atoms with E-state index in [1.807, 2.05) is 6.92 Å². The van der Waals surface area contributed by atoms with Crippen molar-refractivity contribution in [3.05, 3.63) is 17.7 Å². The van der Waals surface area contributed by atoms with Crippen molar-refractivity contribution in [3.8, 4) is 0 Å². The van der Waals surface area contributed by atoms with Crippen LogP contribution in [0, 0.1) is 17.6 Å². The van der Waals surface area contributed by atoms with E-state index in [1.165, 1.54) is 0 Å². The minimum atomic E-state index is -0.802. The van der Waals surface area contributed by atoms with E-state index >= 15 is 0 Å². The van der Waals surface area contributed by atoms with E-state index in [4.69, 9.17) is 5.84 Å². The van der Waals surface area contributed by atoms with Crippen LogP contribution >= 0.6 is 0 Å². The van der Waals surface area contributed by atoms with Gasteiger partial charge in [-0.2, -0.15) is 0 Å². The van der Waals surface area contributed by atoms with E-state index in [0.717, 1.165) is 12.5 Å². The first-order chi connectivity index (χ1) is 8.36. The molecule has 0 radical (unpaired) electrons. The molecule has 0 aliphatic carbocycles. The first kappa shape index (κ1) is 14.6. The fraction of sp³-hybridized carbons (Fsp3) is 0.583. The summed E-state index contributed by atoms with van der Waals surface area (Å²) < 4.78 is 26.9. The summed E-state index contributed by atoms with van der Waals surface area (Å²) in [4.78, 5) is 5.55. The Hall–Kier alpha value is -1.43. The second-order valence-electron chi connectivity index (χ2n) is 4.86. The van der Waals surface area contributed by atoms with Crippen molar-refractivity contribution in [2.75, 3.05) is 17.4 Å². The minimum Gasteiger partial charge on any atom is -0.354 e. The van der Waals surface area contributed by atoms with Crippen LogP contribution in [0.4, 0.5) is 20.4 Å². The summed E-state index contributed by atoms with van der Waals surface area (Å²) in [7, 11) is 1.73. The SMILES string of the molecule is CC(C)CC(C)N(C)c1nc(NN)c(F)cc1F. The first-order valence-corrected chi connectivity index (χ1v) is 5.92. The summed E-state index contributed by atoms with van der Waals surface area (Å²) in [6, 6.07) is 0.888. The molecule has 3 N–H and O–H groups in total. The smallest absolute Gasteiger partial charge is 0.178 e. The molecular weight excluding hydrogens is 238 g/mol. The number of hydrogen-bond donors (Lipinski definition) is 2. The highest BCUT2D eigenvalue weighted by atomic mass is 19.1. The lowest BCUT2D eigenvalue weighted by Crippen LogP contribution is -2.32. The molecular formula is C12H20F2N4. The van der Waals surface area contributed by atoms with Crippen molar-refractivity contribution >= 4 is 11.6 Å². The number of hydrogen-bond acceptors (Lipinski definition) is 4. The fourth-order valence-corrected chi connectivity index (χ4v) is 1.85. The molecule has 0 aromatic carbocycles. The molecule has 1 heterocycles. The molecule has 1 atom stereocenters. The molecule has 1 aromatic heterocycles. The second-order valence-corrected chi connectivity index (χ2v) is 4.86. The number of aromatic nitrogens is 1. The van der Waals surface area contributed by atoms with E-state index in [1.54, 1.807) is 11.9 Å². The van der Waals surface area contributed by atoms with E-state index in [9.17, 15) is 8.78 Å². The van der Waals surface area contributed by atoms with Gasteiger partial charge in [0.25, 0.3) is 0 Å². The Morgan fingerprint density at radius 1 is 1.33 bits per heavy atom. The summed E-state index contributed by atoms with van der Waals surface area (Å²) in [5, 5.41) is 0. The molecule has 0 aliphatic rings. The lowest BCUT2D eigenvalue weighted by atomic mass is 10.0. The van der Waals surface area contributed by atoms with Crippen LogP contribution in [0.5, 0.6) is 0 Å². The number of nitrogen functional groups attached to an aromatic ring is 1. The molecule has 1 unspecified atom stereocenters. The predicted molar refractivity (Wildman–Crippen MR) is 69.3 cm³/mol. The van der Waals surface area contributed by atoms with Crippen LogP contribution in [0.2, 0.25) is 0 Å². The average molecular weight is 258 g/mol. The molecule has 0 fully saturated rings. The molecule has 0 saturated heterocycles. The Morgan fingerprint density at radius 3 is 2.44 bits per heavy atom. The van der Waals surface area contributed by atoms with Gasteiger partial charge in [-0.1, -0.05) is 13.8 Å². The van der Waals surface area contributed by atoms with Crippen molar-refractivity contribution in [2.24, 2.45) is 11.8 Å². The van der Waals surface area contributed by atoms with Crippen LogP contribution in [-0.4, -0.2) is 18.1 Å². The monoisotopic (exact) mass is 258 g/mol. The van der Waals surface area contributed by atoms with Crippen LogP contribution < -0.4 is 16.2 Å². The van der Waals surface area contributed by atoms with Gasteiger partial charge in [-0.15, -0.1) is 0 Å². The summed E-state index contributed by atoms with van der Waals surface area (Å²) in [5.41, 5.74) is 2.12. The van der Waals surface area contributed by atoms with E-state index < -0.39 is 11.6 Å². The lowest BCUT2D eigenvalue weighted by molar-refractivity contribution is 0.492. The summed E-state index contributed by atoms with van der Waals surface area (Å²) >= 11 is 0. The zero-order chi connectivity index (χ0) is 13.9. The van der Waals surface area contributed by atoms with Crippen molar-refractivity contribution in [1.82, 2.24) is 4.98 Å². The number of nitrogens with two attached hydrogens (primary N) is 1. The highest BCUT2D eigenvalue weighted by Gasteiger charge is 2.19. The second kappa shape index (κ2) is 5.95. The Morgan fingerprint density at radius 2 is 1.94 bits per heavy atom. The van der Waals surface area contributed by atoms with Gasteiger partial charge in [0.2, 0.25) is 0 Å². The van der Waals surface area contributed by atoms with Crippen LogP contribution in [0.15, 0.2) is 6.07 Å². The molecule has 0 aliphatic heterocycles. The van der Waals surface area contributed by atoms with Crippen molar-refractivity contribution < 1.29 is 8.78 Å². The maximum absolute atomic E-state index is 13.7. The number of halogens is 2. The summed E-state index contributed by atoms with van der Waals surface area (Å²) in [5.74, 6) is 4.06. The maximum atomic E-state index is 13.7. The number of nitrogens with one attached hydrogen (secondary N) is 1. The van der Waals surface area contributed by atoms with Crippen molar-refractivity contribution in [1.29, 1.82) is 0 Å². The Kier molecular flexibility index (Phi) is 4.84. The standard InChI is InChI=1S/C12H20F2N4/c1-7(2)5-8(3)18(4)12-10(14)6-9(13)11(16-12)17-15/h6-8H,5,15H2,1-4H3,(H,16,17). The number of nitrogens with zero attached hydrogens (tertiary/aromatic N) is 2. The molecule has 1 aromatic rings. The van der Waals surface area contributed by atoms with Gasteiger partial charge >= 0.3 is 0 Å². The van der Waals surface area contributed by atoms with Crippen LogP contribution in [0.3, 0.4) is 0 Å². The van der Waals surface area contributed by atoms with E-state index in [0.29, 0.717) is 5.92 Å².